The maximum Gasteiger partial charge on any atom is 0.187 e. The van der Waals surface area contributed by atoms with Gasteiger partial charge in [-0.05, 0) is 76.1 Å². The minimum atomic E-state index is 0.627. The Morgan fingerprint density at radius 3 is 1.74 bits per heavy atom. The minimum absolute atomic E-state index is 0.627. The normalized spacial score (nSPS) is 11.3. The van der Waals surface area contributed by atoms with Crippen molar-refractivity contribution in [3.63, 3.8) is 0 Å². The van der Waals surface area contributed by atoms with Gasteiger partial charge in [0.15, 0.2) is 11.6 Å². The summed E-state index contributed by atoms with van der Waals surface area (Å²) in [6.07, 6.45) is 1.77. The molecule has 0 fully saturated rings. The number of nitrogens with zero attached hydrogens (tertiary/aromatic N) is 6. The molecule has 0 spiro atoms. The molecule has 0 radical (unpaired) electrons. The average Bonchev–Trinajstić information content (AvgIpc) is 3.54. The second-order valence-corrected chi connectivity index (χ2v) is 10.2. The van der Waals surface area contributed by atoms with E-state index in [0.29, 0.717) is 17.3 Å². The first-order valence-electron chi connectivity index (χ1n) is 14.1. The number of pyridine rings is 3. The summed E-state index contributed by atoms with van der Waals surface area (Å²) in [7, 11) is 0. The summed E-state index contributed by atoms with van der Waals surface area (Å²) < 4.78 is 2.02. The Bertz CT molecular complexity index is 2240. The molecule has 4 aromatic carbocycles. The lowest BCUT2D eigenvalue weighted by atomic mass is 9.95. The third-order valence-electron chi connectivity index (χ3n) is 7.61. The molecular weight excluding hydrogens is 528 g/mol. The first kappa shape index (κ1) is 24.8. The molecule has 0 aliphatic heterocycles. The van der Waals surface area contributed by atoms with Gasteiger partial charge in [-0.1, -0.05) is 84.9 Å². The maximum atomic E-state index is 5.17. The second-order valence-electron chi connectivity index (χ2n) is 10.2. The van der Waals surface area contributed by atoms with Crippen molar-refractivity contribution < 1.29 is 0 Å². The largest absolute Gasteiger partial charge is 0.272 e. The molecule has 0 saturated carbocycles. The Morgan fingerprint density at radius 1 is 0.419 bits per heavy atom. The van der Waals surface area contributed by atoms with E-state index in [9.17, 15) is 0 Å². The molecule has 0 atom stereocenters. The number of aromatic nitrogens is 6. The van der Waals surface area contributed by atoms with E-state index >= 15 is 0 Å². The summed E-state index contributed by atoms with van der Waals surface area (Å²) in [4.78, 5) is 14.6. The van der Waals surface area contributed by atoms with Gasteiger partial charge in [-0.15, -0.1) is 10.2 Å². The van der Waals surface area contributed by atoms with Gasteiger partial charge in [0.1, 0.15) is 11.4 Å². The minimum Gasteiger partial charge on any atom is -0.272 e. The average molecular weight is 553 g/mol. The molecule has 0 aliphatic rings. The van der Waals surface area contributed by atoms with Crippen LogP contribution in [-0.2, 0) is 0 Å². The Morgan fingerprint density at radius 2 is 1.00 bits per heavy atom. The van der Waals surface area contributed by atoms with Gasteiger partial charge in [0.25, 0.3) is 0 Å². The molecule has 0 aliphatic carbocycles. The van der Waals surface area contributed by atoms with Crippen LogP contribution in [0.4, 0.5) is 0 Å². The molecule has 0 N–H and O–H groups in total. The zero-order chi connectivity index (χ0) is 28.6. The van der Waals surface area contributed by atoms with Gasteiger partial charge in [-0.2, -0.15) is 0 Å². The number of benzene rings is 4. The summed E-state index contributed by atoms with van der Waals surface area (Å²) >= 11 is 0. The van der Waals surface area contributed by atoms with Gasteiger partial charge >= 0.3 is 0 Å². The fraction of sp³-hybridized carbons (Fsp3) is 0. The van der Waals surface area contributed by atoms with Crippen LogP contribution in [0.1, 0.15) is 0 Å². The Labute approximate surface area is 248 Å². The number of rotatable bonds is 5. The van der Waals surface area contributed by atoms with Crippen LogP contribution >= 0.6 is 0 Å². The lowest BCUT2D eigenvalue weighted by Gasteiger charge is -2.13. The molecule has 0 saturated heterocycles. The SMILES string of the molecule is c1ccc(-n2c(-c3cccc(-c4ccccn4)n3)nnc2-c2cccc(-c3cc4ccccc4c4ccccc34)n2)cc1. The van der Waals surface area contributed by atoms with E-state index in [1.54, 1.807) is 6.20 Å². The van der Waals surface area contributed by atoms with Crippen molar-refractivity contribution in [3.8, 4) is 51.4 Å². The first-order valence-corrected chi connectivity index (χ1v) is 14.1. The smallest absolute Gasteiger partial charge is 0.187 e. The van der Waals surface area contributed by atoms with Gasteiger partial charge in [0.05, 0.1) is 17.1 Å². The molecule has 0 bridgehead atoms. The fourth-order valence-corrected chi connectivity index (χ4v) is 5.63. The first-order chi connectivity index (χ1) is 21.3. The summed E-state index contributed by atoms with van der Waals surface area (Å²) in [5.74, 6) is 1.26. The van der Waals surface area contributed by atoms with Crippen LogP contribution in [0, 0.1) is 0 Å². The van der Waals surface area contributed by atoms with Gasteiger partial charge in [0.2, 0.25) is 0 Å². The third kappa shape index (κ3) is 4.42. The van der Waals surface area contributed by atoms with Crippen LogP contribution in [0.15, 0.2) is 146 Å². The maximum absolute atomic E-state index is 5.17. The molecule has 4 heterocycles. The Balaban J connectivity index is 1.31. The quantitative estimate of drug-likeness (QED) is 0.200. The van der Waals surface area contributed by atoms with Gasteiger partial charge in [-0.25, -0.2) is 9.97 Å². The molecule has 8 aromatic rings. The lowest BCUT2D eigenvalue weighted by molar-refractivity contribution is 1.05. The standard InChI is InChI=1S/C37H24N6/c1-2-13-26(14-3-1)43-36(41-42-37(43)35-22-11-20-33(40-35)32-18-8-9-23-38-32)34-21-10-19-31(39-34)30-24-25-12-4-5-15-27(25)28-16-6-7-17-29(28)30/h1-24H. The highest BCUT2D eigenvalue weighted by Gasteiger charge is 2.20. The lowest BCUT2D eigenvalue weighted by Crippen LogP contribution is -2.03. The van der Waals surface area contributed by atoms with Crippen molar-refractivity contribution in [2.24, 2.45) is 0 Å². The van der Waals surface area contributed by atoms with Crippen molar-refractivity contribution in [1.29, 1.82) is 0 Å². The summed E-state index contributed by atoms with van der Waals surface area (Å²) in [5, 5.41) is 14.1. The van der Waals surface area contributed by atoms with Crippen LogP contribution in [0.25, 0.3) is 72.9 Å². The van der Waals surface area contributed by atoms with Crippen LogP contribution < -0.4 is 0 Å². The van der Waals surface area contributed by atoms with E-state index in [1.165, 1.54) is 16.2 Å². The number of para-hydroxylation sites is 1. The topological polar surface area (TPSA) is 69.4 Å². The molecular formula is C37H24N6. The van der Waals surface area contributed by atoms with E-state index < -0.39 is 0 Å². The van der Waals surface area contributed by atoms with Crippen molar-refractivity contribution >= 4 is 21.5 Å². The number of fused-ring (bicyclic) bond motifs is 3. The highest BCUT2D eigenvalue weighted by atomic mass is 15.3. The van der Waals surface area contributed by atoms with Crippen molar-refractivity contribution in [1.82, 2.24) is 29.7 Å². The van der Waals surface area contributed by atoms with Crippen LogP contribution in [0.3, 0.4) is 0 Å². The van der Waals surface area contributed by atoms with Crippen molar-refractivity contribution in [2.45, 2.75) is 0 Å². The highest BCUT2D eigenvalue weighted by Crippen LogP contribution is 2.35. The zero-order valence-electron chi connectivity index (χ0n) is 23.0. The highest BCUT2D eigenvalue weighted by molar-refractivity contribution is 6.13. The third-order valence-corrected chi connectivity index (χ3v) is 7.61. The van der Waals surface area contributed by atoms with Crippen molar-refractivity contribution in [3.05, 3.63) is 146 Å². The van der Waals surface area contributed by atoms with E-state index in [2.05, 4.69) is 75.8 Å². The van der Waals surface area contributed by atoms with Crippen LogP contribution in [0.2, 0.25) is 0 Å². The van der Waals surface area contributed by atoms with Crippen LogP contribution in [-0.4, -0.2) is 29.7 Å². The number of hydrogen-bond donors (Lipinski definition) is 0. The molecule has 0 unspecified atom stereocenters. The second kappa shape index (κ2) is 10.4. The Kier molecular flexibility index (Phi) is 6.01. The van der Waals surface area contributed by atoms with Gasteiger partial charge < -0.3 is 0 Å². The fourth-order valence-electron chi connectivity index (χ4n) is 5.63. The molecule has 6 nitrogen and oxygen atoms in total. The van der Waals surface area contributed by atoms with E-state index in [4.69, 9.17) is 9.97 Å². The number of hydrogen-bond acceptors (Lipinski definition) is 5. The molecule has 6 heteroatoms. The van der Waals surface area contributed by atoms with E-state index in [1.807, 2.05) is 83.4 Å². The van der Waals surface area contributed by atoms with Crippen molar-refractivity contribution in [2.75, 3.05) is 0 Å². The zero-order valence-corrected chi connectivity index (χ0v) is 23.0. The monoisotopic (exact) mass is 552 g/mol. The van der Waals surface area contributed by atoms with E-state index in [-0.39, 0.29) is 0 Å². The van der Waals surface area contributed by atoms with Gasteiger partial charge in [-0.3, -0.25) is 9.55 Å². The molecule has 8 rings (SSSR count). The predicted octanol–water partition coefficient (Wildman–Crippen LogP) is 8.43. The van der Waals surface area contributed by atoms with Crippen LogP contribution in [0.5, 0.6) is 0 Å². The molecule has 202 valence electrons. The van der Waals surface area contributed by atoms with Gasteiger partial charge in [0, 0.05) is 17.4 Å². The summed E-state index contributed by atoms with van der Waals surface area (Å²) in [6, 6.07) is 47.1. The predicted molar refractivity (Wildman–Crippen MR) is 171 cm³/mol. The molecule has 0 amide bonds. The summed E-state index contributed by atoms with van der Waals surface area (Å²) in [5.41, 5.74) is 5.86. The summed E-state index contributed by atoms with van der Waals surface area (Å²) in [6.45, 7) is 0. The Hall–Kier alpha value is -6.01. The molecule has 4 aromatic heterocycles. The molecule has 43 heavy (non-hydrogen) atoms. The van der Waals surface area contributed by atoms with E-state index in [0.717, 1.165) is 39.4 Å².